The molecule has 0 aliphatic rings. The van der Waals surface area contributed by atoms with E-state index < -0.39 is 0 Å². The highest BCUT2D eigenvalue weighted by Crippen LogP contribution is 2.08. The van der Waals surface area contributed by atoms with Crippen LogP contribution in [0.25, 0.3) is 0 Å². The van der Waals surface area contributed by atoms with Crippen LogP contribution >= 0.6 is 0 Å². The van der Waals surface area contributed by atoms with Gasteiger partial charge in [-0.2, -0.15) is 5.10 Å². The van der Waals surface area contributed by atoms with Gasteiger partial charge in [-0.3, -0.25) is 4.99 Å². The van der Waals surface area contributed by atoms with E-state index in [2.05, 4.69) is 21.9 Å². The molecule has 0 amide bonds. The lowest BCUT2D eigenvalue weighted by atomic mass is 10.4. The van der Waals surface area contributed by atoms with E-state index in [0.29, 0.717) is 11.6 Å². The molecule has 0 fully saturated rings. The predicted octanol–water partition coefficient (Wildman–Crippen LogP) is 3.31. The van der Waals surface area contributed by atoms with Gasteiger partial charge in [0.05, 0.1) is 5.69 Å². The zero-order valence-electron chi connectivity index (χ0n) is 10.8. The Morgan fingerprint density at radius 3 is 2.59 bits per heavy atom. The van der Waals surface area contributed by atoms with E-state index in [4.69, 9.17) is 4.74 Å². The van der Waals surface area contributed by atoms with Crippen molar-refractivity contribution < 1.29 is 4.74 Å². The van der Waals surface area contributed by atoms with Crippen LogP contribution in [0.1, 0.15) is 26.5 Å². The number of nitrogens with zero attached hydrogens (tertiary/aromatic N) is 3. The van der Waals surface area contributed by atoms with Gasteiger partial charge in [0, 0.05) is 12.3 Å². The lowest BCUT2D eigenvalue weighted by Gasteiger charge is -2.02. The van der Waals surface area contributed by atoms with Gasteiger partial charge < -0.3 is 4.74 Å². The van der Waals surface area contributed by atoms with Gasteiger partial charge in [0.15, 0.2) is 0 Å². The molecule has 0 aromatic carbocycles. The van der Waals surface area contributed by atoms with Crippen molar-refractivity contribution in [1.82, 2.24) is 10.2 Å². The van der Waals surface area contributed by atoms with E-state index in [0.717, 1.165) is 5.69 Å². The van der Waals surface area contributed by atoms with Crippen LogP contribution in [0.2, 0.25) is 0 Å². The molecular weight excluding hydrogens is 214 g/mol. The quantitative estimate of drug-likeness (QED) is 0.455. The Morgan fingerprint density at radius 1 is 1.35 bits per heavy atom. The Labute approximate surface area is 103 Å². The van der Waals surface area contributed by atoms with Crippen molar-refractivity contribution in [2.24, 2.45) is 4.99 Å². The number of aromatic nitrogens is 2. The molecule has 0 N–H and O–H groups in total. The van der Waals surface area contributed by atoms with Crippen LogP contribution in [0, 0.1) is 6.92 Å². The number of aryl methyl sites for hydroxylation is 1. The number of hydrogen-bond acceptors (Lipinski definition) is 4. The Bertz CT molecular complexity index is 380. The first-order valence-corrected chi connectivity index (χ1v) is 5.50. The molecule has 4 nitrogen and oxygen atoms in total. The number of allylic oxidation sites excluding steroid dienone is 3. The molecule has 0 unspecified atom stereocenters. The van der Waals surface area contributed by atoms with E-state index in [1.54, 1.807) is 24.4 Å². The lowest BCUT2D eigenvalue weighted by Crippen LogP contribution is -1.95. The van der Waals surface area contributed by atoms with Crippen molar-refractivity contribution >= 4 is 6.72 Å². The van der Waals surface area contributed by atoms with Gasteiger partial charge in [-0.25, -0.2) is 0 Å². The van der Waals surface area contributed by atoms with Crippen LogP contribution in [0.4, 0.5) is 0 Å². The minimum absolute atomic E-state index is 0.481. The summed E-state index contributed by atoms with van der Waals surface area (Å²) in [6, 6.07) is 3.62. The fourth-order valence-electron chi connectivity index (χ4n) is 0.879. The van der Waals surface area contributed by atoms with E-state index in [9.17, 15) is 0 Å². The second kappa shape index (κ2) is 9.27. The standard InChI is InChI=1S/C11H13N3O.C2H6/c1-9-6-7-11(14-13-9)15-10(2)5-4-8-12-3;1-2/h4-8H,3H2,1-2H3;1-2H3/b8-4-,10-5+;. The molecule has 0 saturated heterocycles. The predicted molar refractivity (Wildman–Crippen MR) is 71.2 cm³/mol. The minimum Gasteiger partial charge on any atom is -0.442 e. The summed E-state index contributed by atoms with van der Waals surface area (Å²) in [6.45, 7) is 11.0. The van der Waals surface area contributed by atoms with Gasteiger partial charge in [0.25, 0.3) is 0 Å². The van der Waals surface area contributed by atoms with Crippen LogP contribution in [0.3, 0.4) is 0 Å². The Hall–Kier alpha value is -1.97. The molecule has 1 aromatic heterocycles. The zero-order valence-corrected chi connectivity index (χ0v) is 10.8. The van der Waals surface area contributed by atoms with E-state index in [1.165, 1.54) is 0 Å². The Balaban J connectivity index is 0.00000121. The molecule has 17 heavy (non-hydrogen) atoms. The first-order valence-electron chi connectivity index (χ1n) is 5.50. The van der Waals surface area contributed by atoms with Gasteiger partial charge in [0.1, 0.15) is 5.76 Å². The smallest absolute Gasteiger partial charge is 0.238 e. The van der Waals surface area contributed by atoms with E-state index in [1.807, 2.05) is 33.8 Å². The molecule has 0 radical (unpaired) electrons. The average molecular weight is 233 g/mol. The molecule has 1 aromatic rings. The molecular formula is C13H19N3O. The minimum atomic E-state index is 0.481. The van der Waals surface area contributed by atoms with Crippen molar-refractivity contribution in [1.29, 1.82) is 0 Å². The number of hydrogen-bond donors (Lipinski definition) is 0. The summed E-state index contributed by atoms with van der Waals surface area (Å²) >= 11 is 0. The normalized spacial score (nSPS) is 10.7. The summed E-state index contributed by atoms with van der Waals surface area (Å²) < 4.78 is 5.39. The molecule has 0 aliphatic carbocycles. The van der Waals surface area contributed by atoms with Gasteiger partial charge >= 0.3 is 0 Å². The molecule has 1 heterocycles. The second-order valence-electron chi connectivity index (χ2n) is 2.92. The van der Waals surface area contributed by atoms with Crippen LogP contribution in [0.15, 0.2) is 41.2 Å². The van der Waals surface area contributed by atoms with Crippen molar-refractivity contribution in [3.8, 4) is 5.88 Å². The van der Waals surface area contributed by atoms with E-state index >= 15 is 0 Å². The highest BCUT2D eigenvalue weighted by atomic mass is 16.5. The Morgan fingerprint density at radius 2 is 2.06 bits per heavy atom. The van der Waals surface area contributed by atoms with Crippen LogP contribution < -0.4 is 4.74 Å². The fraction of sp³-hybridized carbons (Fsp3) is 0.308. The van der Waals surface area contributed by atoms with Crippen molar-refractivity contribution in [3.63, 3.8) is 0 Å². The maximum atomic E-state index is 5.39. The monoisotopic (exact) mass is 233 g/mol. The molecule has 0 saturated carbocycles. The molecule has 1 rings (SSSR count). The van der Waals surface area contributed by atoms with E-state index in [-0.39, 0.29) is 0 Å². The Kier molecular flexibility index (Phi) is 8.20. The second-order valence-corrected chi connectivity index (χ2v) is 2.92. The van der Waals surface area contributed by atoms with Crippen molar-refractivity contribution in [2.75, 3.05) is 0 Å². The summed E-state index contributed by atoms with van der Waals surface area (Å²) in [5.41, 5.74) is 0.861. The zero-order chi connectivity index (χ0) is 13.1. The van der Waals surface area contributed by atoms with Crippen LogP contribution in [0.5, 0.6) is 5.88 Å². The van der Waals surface area contributed by atoms with Gasteiger partial charge in [0.2, 0.25) is 5.88 Å². The largest absolute Gasteiger partial charge is 0.442 e. The third kappa shape index (κ3) is 7.00. The summed E-state index contributed by atoms with van der Waals surface area (Å²) in [6.07, 6.45) is 5.09. The fourth-order valence-corrected chi connectivity index (χ4v) is 0.879. The molecule has 4 heteroatoms. The maximum Gasteiger partial charge on any atom is 0.238 e. The SMILES string of the molecule is C=N/C=C\C=C(/C)Oc1ccc(C)nn1.CC. The van der Waals surface area contributed by atoms with Gasteiger partial charge in [-0.15, -0.1) is 5.10 Å². The lowest BCUT2D eigenvalue weighted by molar-refractivity contribution is 0.404. The summed E-state index contributed by atoms with van der Waals surface area (Å²) in [7, 11) is 0. The average Bonchev–Trinajstić information content (AvgIpc) is 2.35. The van der Waals surface area contributed by atoms with Crippen LogP contribution in [-0.2, 0) is 0 Å². The summed E-state index contributed by atoms with van der Waals surface area (Å²) in [4.78, 5) is 3.57. The molecule has 0 aliphatic heterocycles. The third-order valence-electron chi connectivity index (χ3n) is 1.56. The van der Waals surface area contributed by atoms with Crippen molar-refractivity contribution in [3.05, 3.63) is 41.9 Å². The maximum absolute atomic E-state index is 5.39. The van der Waals surface area contributed by atoms with Crippen LogP contribution in [-0.4, -0.2) is 16.9 Å². The summed E-state index contributed by atoms with van der Waals surface area (Å²) in [5.74, 6) is 1.20. The van der Waals surface area contributed by atoms with Crippen molar-refractivity contribution in [2.45, 2.75) is 27.7 Å². The number of aliphatic imine (C=N–C) groups is 1. The number of rotatable bonds is 4. The summed E-state index contributed by atoms with van der Waals surface area (Å²) in [5, 5.41) is 7.75. The number of ether oxygens (including phenoxy) is 1. The molecule has 0 spiro atoms. The highest BCUT2D eigenvalue weighted by Gasteiger charge is 1.96. The molecule has 0 bridgehead atoms. The van der Waals surface area contributed by atoms with Gasteiger partial charge in [-0.05, 0) is 38.8 Å². The molecule has 0 atom stereocenters. The first kappa shape index (κ1) is 15.0. The first-order chi connectivity index (χ1) is 8.22. The highest BCUT2D eigenvalue weighted by molar-refractivity contribution is 5.26. The van der Waals surface area contributed by atoms with Gasteiger partial charge in [-0.1, -0.05) is 13.8 Å². The topological polar surface area (TPSA) is 47.4 Å². The third-order valence-corrected chi connectivity index (χ3v) is 1.56. The molecule has 92 valence electrons.